The number of carbonyl (C=O) groups is 1. The van der Waals surface area contributed by atoms with E-state index in [4.69, 9.17) is 16.3 Å². The summed E-state index contributed by atoms with van der Waals surface area (Å²) in [5.41, 5.74) is 1.33. The molecule has 0 aliphatic rings. The van der Waals surface area contributed by atoms with Crippen LogP contribution in [0.25, 0.3) is 4.96 Å². The Labute approximate surface area is 118 Å². The van der Waals surface area contributed by atoms with Crippen molar-refractivity contribution in [2.24, 2.45) is 0 Å². The van der Waals surface area contributed by atoms with Crippen molar-refractivity contribution in [1.29, 1.82) is 0 Å². The van der Waals surface area contributed by atoms with Gasteiger partial charge >= 0.3 is 0 Å². The van der Waals surface area contributed by atoms with Gasteiger partial charge in [-0.2, -0.15) is 4.98 Å². The van der Waals surface area contributed by atoms with Crippen LogP contribution in [0.15, 0.2) is 29.8 Å². The highest BCUT2D eigenvalue weighted by Crippen LogP contribution is 2.30. The Kier molecular flexibility index (Phi) is 3.00. The van der Waals surface area contributed by atoms with Gasteiger partial charge in [0, 0.05) is 16.6 Å². The summed E-state index contributed by atoms with van der Waals surface area (Å²) in [7, 11) is 0. The van der Waals surface area contributed by atoms with E-state index in [-0.39, 0.29) is 0 Å². The second-order valence-corrected chi connectivity index (χ2v) is 5.30. The van der Waals surface area contributed by atoms with Crippen molar-refractivity contribution >= 4 is 34.2 Å². The molecular formula is C13H9ClN2O2S. The summed E-state index contributed by atoms with van der Waals surface area (Å²) < 4.78 is 7.42. The van der Waals surface area contributed by atoms with E-state index in [1.807, 2.05) is 18.4 Å². The van der Waals surface area contributed by atoms with E-state index in [0.717, 1.165) is 16.8 Å². The molecule has 2 aromatic heterocycles. The maximum absolute atomic E-state index is 11.2. The number of nitrogens with zero attached hydrogens (tertiary/aromatic N) is 2. The Morgan fingerprint density at radius 1 is 1.47 bits per heavy atom. The maximum Gasteiger partial charge on any atom is 0.250 e. The number of imidazole rings is 1. The molecule has 0 fully saturated rings. The number of carbonyl (C=O) groups excluding carboxylic acids is 1. The first kappa shape index (κ1) is 12.2. The Morgan fingerprint density at radius 3 is 3.11 bits per heavy atom. The topological polar surface area (TPSA) is 43.6 Å². The smallest absolute Gasteiger partial charge is 0.250 e. The van der Waals surface area contributed by atoms with E-state index in [1.54, 1.807) is 22.7 Å². The molecule has 0 aliphatic heterocycles. The zero-order chi connectivity index (χ0) is 13.4. The fourth-order valence-electron chi connectivity index (χ4n) is 1.75. The van der Waals surface area contributed by atoms with Crippen molar-refractivity contribution in [2.75, 3.05) is 0 Å². The fourth-order valence-corrected chi connectivity index (χ4v) is 2.63. The normalized spacial score (nSPS) is 10.8. The second kappa shape index (κ2) is 4.68. The van der Waals surface area contributed by atoms with Gasteiger partial charge in [-0.05, 0) is 24.6 Å². The lowest BCUT2D eigenvalue weighted by Crippen LogP contribution is -1.93. The molecule has 0 radical (unpaired) electrons. The number of fused-ring (bicyclic) bond motifs is 1. The van der Waals surface area contributed by atoms with Gasteiger partial charge in [0.2, 0.25) is 5.88 Å². The fraction of sp³-hybridized carbons (Fsp3) is 0.0769. The zero-order valence-corrected chi connectivity index (χ0v) is 11.5. The molecular weight excluding hydrogens is 284 g/mol. The Morgan fingerprint density at radius 2 is 2.32 bits per heavy atom. The molecule has 0 spiro atoms. The Bertz CT molecular complexity index is 763. The van der Waals surface area contributed by atoms with Gasteiger partial charge in [-0.3, -0.25) is 9.20 Å². The summed E-state index contributed by atoms with van der Waals surface area (Å²) in [4.78, 5) is 16.2. The summed E-state index contributed by atoms with van der Waals surface area (Å²) in [6.07, 6.45) is 2.52. The van der Waals surface area contributed by atoms with E-state index in [2.05, 4.69) is 4.98 Å². The van der Waals surface area contributed by atoms with Gasteiger partial charge in [-0.1, -0.05) is 17.7 Å². The molecule has 0 saturated carbocycles. The van der Waals surface area contributed by atoms with Crippen LogP contribution in [0.4, 0.5) is 0 Å². The number of ether oxygens (including phenoxy) is 1. The van der Waals surface area contributed by atoms with Crippen molar-refractivity contribution in [1.82, 2.24) is 9.38 Å². The number of aldehydes is 1. The lowest BCUT2D eigenvalue weighted by molar-refractivity contribution is 0.111. The lowest BCUT2D eigenvalue weighted by Gasteiger charge is -2.06. The van der Waals surface area contributed by atoms with E-state index in [1.165, 1.54) is 11.3 Å². The second-order valence-electron chi connectivity index (χ2n) is 3.99. The third-order valence-electron chi connectivity index (χ3n) is 2.73. The van der Waals surface area contributed by atoms with Crippen LogP contribution in [0.3, 0.4) is 0 Å². The van der Waals surface area contributed by atoms with Crippen molar-refractivity contribution in [2.45, 2.75) is 6.92 Å². The molecule has 1 aromatic carbocycles. The molecule has 0 saturated heterocycles. The van der Waals surface area contributed by atoms with Crippen molar-refractivity contribution in [3.05, 3.63) is 46.1 Å². The van der Waals surface area contributed by atoms with Gasteiger partial charge in [-0.25, -0.2) is 0 Å². The highest BCUT2D eigenvalue weighted by molar-refractivity contribution is 7.15. The van der Waals surface area contributed by atoms with Crippen LogP contribution in [0, 0.1) is 6.92 Å². The number of aromatic nitrogens is 2. The van der Waals surface area contributed by atoms with Crippen LogP contribution in [0.2, 0.25) is 5.02 Å². The third-order valence-corrected chi connectivity index (χ3v) is 3.73. The minimum absolute atomic E-state index is 0.298. The molecule has 19 heavy (non-hydrogen) atoms. The van der Waals surface area contributed by atoms with Gasteiger partial charge in [0.25, 0.3) is 0 Å². The zero-order valence-electron chi connectivity index (χ0n) is 9.96. The number of hydrogen-bond acceptors (Lipinski definition) is 4. The SMILES string of the molecule is Cc1ccc(Cl)cc1Oc1nc2sccn2c1C=O. The van der Waals surface area contributed by atoms with Crippen LogP contribution < -0.4 is 4.74 Å². The van der Waals surface area contributed by atoms with Gasteiger partial charge in [0.15, 0.2) is 16.9 Å². The molecule has 0 amide bonds. The predicted octanol–water partition coefficient (Wildman–Crippen LogP) is 3.96. The Hall–Kier alpha value is -1.85. The molecule has 0 bridgehead atoms. The van der Waals surface area contributed by atoms with E-state index in [0.29, 0.717) is 22.3 Å². The molecule has 4 nitrogen and oxygen atoms in total. The first-order chi connectivity index (χ1) is 9.19. The van der Waals surface area contributed by atoms with Crippen molar-refractivity contribution in [3.63, 3.8) is 0 Å². The van der Waals surface area contributed by atoms with Crippen LogP contribution in [-0.4, -0.2) is 15.7 Å². The van der Waals surface area contributed by atoms with Crippen molar-refractivity contribution in [3.8, 4) is 11.6 Å². The van der Waals surface area contributed by atoms with E-state index in [9.17, 15) is 4.79 Å². The summed E-state index contributed by atoms with van der Waals surface area (Å²) in [5.74, 6) is 0.897. The minimum atomic E-state index is 0.298. The van der Waals surface area contributed by atoms with Crippen LogP contribution in [-0.2, 0) is 0 Å². The monoisotopic (exact) mass is 292 g/mol. The van der Waals surface area contributed by atoms with Gasteiger partial charge in [0.05, 0.1) is 0 Å². The molecule has 3 aromatic rings. The minimum Gasteiger partial charge on any atom is -0.437 e. The average Bonchev–Trinajstić information content (AvgIpc) is 2.94. The number of halogens is 1. The van der Waals surface area contributed by atoms with Gasteiger partial charge in [0.1, 0.15) is 5.75 Å². The first-order valence-electron chi connectivity index (χ1n) is 5.54. The molecule has 0 atom stereocenters. The number of benzene rings is 1. The summed E-state index contributed by atoms with van der Waals surface area (Å²) in [6, 6.07) is 5.35. The van der Waals surface area contributed by atoms with E-state index < -0.39 is 0 Å². The maximum atomic E-state index is 11.2. The van der Waals surface area contributed by atoms with Crippen LogP contribution >= 0.6 is 22.9 Å². The highest BCUT2D eigenvalue weighted by Gasteiger charge is 2.15. The molecule has 0 unspecified atom stereocenters. The summed E-state index contributed by atoms with van der Waals surface area (Å²) in [5, 5.41) is 2.44. The van der Waals surface area contributed by atoms with Gasteiger partial charge in [-0.15, -0.1) is 11.3 Å². The van der Waals surface area contributed by atoms with Crippen LogP contribution in [0.1, 0.15) is 16.1 Å². The quantitative estimate of drug-likeness (QED) is 0.686. The molecule has 2 heterocycles. The number of hydrogen-bond donors (Lipinski definition) is 0. The standard InChI is InChI=1S/C13H9ClN2O2S/c1-8-2-3-9(14)6-11(8)18-12-10(7-17)16-4-5-19-13(16)15-12/h2-7H,1H3. The third kappa shape index (κ3) is 2.11. The average molecular weight is 293 g/mol. The number of rotatable bonds is 3. The Balaban J connectivity index is 2.07. The van der Waals surface area contributed by atoms with Crippen LogP contribution in [0.5, 0.6) is 11.6 Å². The molecule has 0 aliphatic carbocycles. The molecule has 6 heteroatoms. The lowest BCUT2D eigenvalue weighted by atomic mass is 10.2. The van der Waals surface area contributed by atoms with Crippen molar-refractivity contribution < 1.29 is 9.53 Å². The highest BCUT2D eigenvalue weighted by atomic mass is 35.5. The molecule has 0 N–H and O–H groups in total. The number of thiazole rings is 1. The first-order valence-corrected chi connectivity index (χ1v) is 6.79. The number of aryl methyl sites for hydroxylation is 1. The molecule has 3 rings (SSSR count). The predicted molar refractivity (Wildman–Crippen MR) is 74.7 cm³/mol. The summed E-state index contributed by atoms with van der Waals surface area (Å²) in [6.45, 7) is 1.91. The largest absolute Gasteiger partial charge is 0.437 e. The summed E-state index contributed by atoms with van der Waals surface area (Å²) >= 11 is 7.38. The van der Waals surface area contributed by atoms with Gasteiger partial charge < -0.3 is 4.74 Å². The van der Waals surface area contributed by atoms with E-state index >= 15 is 0 Å². The molecule has 96 valence electrons.